The molecule has 0 atom stereocenters. The summed E-state index contributed by atoms with van der Waals surface area (Å²) >= 11 is 0. The van der Waals surface area contributed by atoms with Crippen LogP contribution in [0.3, 0.4) is 0 Å². The Bertz CT molecular complexity index is 923. The molecule has 4 rings (SSSR count). The predicted molar refractivity (Wildman–Crippen MR) is 108 cm³/mol. The third-order valence-electron chi connectivity index (χ3n) is 4.70. The van der Waals surface area contributed by atoms with Crippen LogP contribution in [0.5, 0.6) is 11.5 Å². The van der Waals surface area contributed by atoms with Crippen LogP contribution in [0.1, 0.15) is 36.2 Å². The number of ether oxygens (including phenoxy) is 1. The Morgan fingerprint density at radius 2 is 1.64 bits per heavy atom. The molecule has 6 heteroatoms. The lowest BCUT2D eigenvalue weighted by atomic mass is 10.2. The molecule has 0 saturated heterocycles. The van der Waals surface area contributed by atoms with Crippen molar-refractivity contribution < 1.29 is 9.53 Å². The lowest BCUT2D eigenvalue weighted by molar-refractivity contribution is 0.0932. The SMILES string of the molecule is O=C(NC1CCCC1)c1cc(Nc2ccc(Oc3ccccc3)cc2)ncn1. The molecule has 1 saturated carbocycles. The number of carbonyl (C=O) groups excluding carboxylic acids is 1. The quantitative estimate of drug-likeness (QED) is 0.655. The molecule has 0 spiro atoms. The van der Waals surface area contributed by atoms with Gasteiger partial charge in [0.05, 0.1) is 0 Å². The first kappa shape index (κ1) is 18.0. The summed E-state index contributed by atoms with van der Waals surface area (Å²) in [6, 6.07) is 19.1. The fourth-order valence-corrected chi connectivity index (χ4v) is 3.26. The number of benzene rings is 2. The van der Waals surface area contributed by atoms with Gasteiger partial charge in [0.1, 0.15) is 29.3 Å². The smallest absolute Gasteiger partial charge is 0.270 e. The summed E-state index contributed by atoms with van der Waals surface area (Å²) in [5.41, 5.74) is 1.22. The zero-order valence-electron chi connectivity index (χ0n) is 15.5. The molecule has 1 aromatic heterocycles. The van der Waals surface area contributed by atoms with Crippen molar-refractivity contribution in [3.05, 3.63) is 72.7 Å². The van der Waals surface area contributed by atoms with E-state index >= 15 is 0 Å². The number of carbonyl (C=O) groups is 1. The number of anilines is 2. The normalized spacial score (nSPS) is 13.9. The van der Waals surface area contributed by atoms with Crippen LogP contribution in [0.25, 0.3) is 0 Å². The van der Waals surface area contributed by atoms with Gasteiger partial charge in [0.2, 0.25) is 0 Å². The van der Waals surface area contributed by atoms with Crippen LogP contribution >= 0.6 is 0 Å². The van der Waals surface area contributed by atoms with Gasteiger partial charge < -0.3 is 15.4 Å². The highest BCUT2D eigenvalue weighted by Crippen LogP contribution is 2.24. The number of nitrogens with zero attached hydrogens (tertiary/aromatic N) is 2. The molecule has 3 aromatic rings. The summed E-state index contributed by atoms with van der Waals surface area (Å²) in [5, 5.41) is 6.24. The topological polar surface area (TPSA) is 76.1 Å². The molecule has 2 N–H and O–H groups in total. The molecule has 0 aliphatic heterocycles. The first-order valence-corrected chi connectivity index (χ1v) is 9.49. The van der Waals surface area contributed by atoms with E-state index in [9.17, 15) is 4.79 Å². The Morgan fingerprint density at radius 3 is 2.39 bits per heavy atom. The summed E-state index contributed by atoms with van der Waals surface area (Å²) in [4.78, 5) is 20.7. The standard InChI is InChI=1S/C22H22N4O2/c27-22(26-16-6-4-5-7-16)20-14-21(24-15-23-20)25-17-10-12-19(13-11-17)28-18-8-2-1-3-9-18/h1-3,8-16H,4-7H2,(H,26,27)(H,23,24,25). The highest BCUT2D eigenvalue weighted by atomic mass is 16.5. The molecule has 0 unspecified atom stereocenters. The number of hydrogen-bond donors (Lipinski definition) is 2. The molecule has 1 aliphatic rings. The fraction of sp³-hybridized carbons (Fsp3) is 0.227. The van der Waals surface area contributed by atoms with Gasteiger partial charge in [-0.15, -0.1) is 0 Å². The molecule has 28 heavy (non-hydrogen) atoms. The van der Waals surface area contributed by atoms with Gasteiger partial charge in [-0.3, -0.25) is 4.79 Å². The number of nitrogens with one attached hydrogen (secondary N) is 2. The highest BCUT2D eigenvalue weighted by molar-refractivity contribution is 5.93. The molecule has 1 heterocycles. The maximum atomic E-state index is 12.4. The van der Waals surface area contributed by atoms with Crippen molar-refractivity contribution in [2.45, 2.75) is 31.7 Å². The monoisotopic (exact) mass is 374 g/mol. The Hall–Kier alpha value is -3.41. The van der Waals surface area contributed by atoms with Crippen molar-refractivity contribution in [1.82, 2.24) is 15.3 Å². The summed E-state index contributed by atoms with van der Waals surface area (Å²) in [6.45, 7) is 0. The summed E-state index contributed by atoms with van der Waals surface area (Å²) in [6.07, 6.45) is 5.83. The van der Waals surface area contributed by atoms with Crippen LogP contribution < -0.4 is 15.4 Å². The number of para-hydroxylation sites is 1. The minimum absolute atomic E-state index is 0.149. The Balaban J connectivity index is 1.39. The third-order valence-corrected chi connectivity index (χ3v) is 4.70. The van der Waals surface area contributed by atoms with Crippen molar-refractivity contribution in [2.24, 2.45) is 0 Å². The lowest BCUT2D eigenvalue weighted by Crippen LogP contribution is -2.33. The van der Waals surface area contributed by atoms with Crippen molar-refractivity contribution in [1.29, 1.82) is 0 Å². The zero-order valence-corrected chi connectivity index (χ0v) is 15.5. The van der Waals surface area contributed by atoms with E-state index < -0.39 is 0 Å². The molecule has 1 fully saturated rings. The van der Waals surface area contributed by atoms with Crippen molar-refractivity contribution >= 4 is 17.4 Å². The first-order valence-electron chi connectivity index (χ1n) is 9.49. The molecule has 1 amide bonds. The molecular formula is C22H22N4O2. The van der Waals surface area contributed by atoms with E-state index in [0.717, 1.165) is 30.0 Å². The van der Waals surface area contributed by atoms with E-state index in [-0.39, 0.29) is 11.9 Å². The van der Waals surface area contributed by atoms with E-state index in [4.69, 9.17) is 4.74 Å². The van der Waals surface area contributed by atoms with Gasteiger partial charge in [-0.2, -0.15) is 0 Å². The van der Waals surface area contributed by atoms with E-state index in [1.807, 2.05) is 54.6 Å². The van der Waals surface area contributed by atoms with Crippen LogP contribution in [0.15, 0.2) is 67.0 Å². The zero-order chi connectivity index (χ0) is 19.2. The van der Waals surface area contributed by atoms with Gasteiger partial charge in [-0.05, 0) is 49.2 Å². The fourth-order valence-electron chi connectivity index (χ4n) is 3.26. The lowest BCUT2D eigenvalue weighted by Gasteiger charge is -2.12. The van der Waals surface area contributed by atoms with Crippen molar-refractivity contribution in [3.8, 4) is 11.5 Å². The van der Waals surface area contributed by atoms with Crippen LogP contribution in [0, 0.1) is 0 Å². The molecule has 0 radical (unpaired) electrons. The van der Waals surface area contributed by atoms with Crippen LogP contribution in [-0.4, -0.2) is 21.9 Å². The van der Waals surface area contributed by atoms with E-state index in [1.54, 1.807) is 6.07 Å². The Morgan fingerprint density at radius 1 is 0.929 bits per heavy atom. The number of amides is 1. The van der Waals surface area contributed by atoms with Gasteiger partial charge in [0.15, 0.2) is 0 Å². The molecule has 1 aliphatic carbocycles. The second-order valence-electron chi connectivity index (χ2n) is 6.81. The molecule has 142 valence electrons. The summed E-state index contributed by atoms with van der Waals surface area (Å²) in [7, 11) is 0. The molecular weight excluding hydrogens is 352 g/mol. The highest BCUT2D eigenvalue weighted by Gasteiger charge is 2.18. The maximum absolute atomic E-state index is 12.4. The van der Waals surface area contributed by atoms with Gasteiger partial charge in [-0.1, -0.05) is 31.0 Å². The third kappa shape index (κ3) is 4.65. The number of hydrogen-bond acceptors (Lipinski definition) is 5. The minimum Gasteiger partial charge on any atom is -0.457 e. The Kier molecular flexibility index (Phi) is 5.47. The summed E-state index contributed by atoms with van der Waals surface area (Å²) < 4.78 is 5.79. The number of aromatic nitrogens is 2. The Labute approximate surface area is 164 Å². The molecule has 2 aromatic carbocycles. The van der Waals surface area contributed by atoms with Crippen molar-refractivity contribution in [3.63, 3.8) is 0 Å². The molecule has 0 bridgehead atoms. The minimum atomic E-state index is -0.149. The van der Waals surface area contributed by atoms with Gasteiger partial charge >= 0.3 is 0 Å². The largest absolute Gasteiger partial charge is 0.457 e. The molecule has 6 nitrogen and oxygen atoms in total. The summed E-state index contributed by atoms with van der Waals surface area (Å²) in [5.74, 6) is 1.96. The second kappa shape index (κ2) is 8.52. The van der Waals surface area contributed by atoms with Crippen LogP contribution in [0.4, 0.5) is 11.5 Å². The number of rotatable bonds is 6. The maximum Gasteiger partial charge on any atom is 0.270 e. The van der Waals surface area contributed by atoms with Crippen molar-refractivity contribution in [2.75, 3.05) is 5.32 Å². The second-order valence-corrected chi connectivity index (χ2v) is 6.81. The van der Waals surface area contributed by atoms with Crippen LogP contribution in [-0.2, 0) is 0 Å². The van der Waals surface area contributed by atoms with Gasteiger partial charge in [0, 0.05) is 17.8 Å². The van der Waals surface area contributed by atoms with E-state index in [1.165, 1.54) is 19.2 Å². The predicted octanol–water partition coefficient (Wildman–Crippen LogP) is 4.68. The van der Waals surface area contributed by atoms with Crippen LogP contribution in [0.2, 0.25) is 0 Å². The van der Waals surface area contributed by atoms with E-state index in [2.05, 4.69) is 20.6 Å². The van der Waals surface area contributed by atoms with Gasteiger partial charge in [-0.25, -0.2) is 9.97 Å². The average molecular weight is 374 g/mol. The van der Waals surface area contributed by atoms with Gasteiger partial charge in [0.25, 0.3) is 5.91 Å². The van der Waals surface area contributed by atoms with E-state index in [0.29, 0.717) is 11.5 Å². The average Bonchev–Trinajstić information content (AvgIpc) is 3.23. The first-order chi connectivity index (χ1) is 13.8.